The van der Waals surface area contributed by atoms with Gasteiger partial charge in [-0.25, -0.2) is 0 Å². The fraction of sp³-hybridized carbons (Fsp3) is 0.682. The summed E-state index contributed by atoms with van der Waals surface area (Å²) in [6.07, 6.45) is 1.05. The molecule has 2 rings (SSSR count). The number of ether oxygens (including phenoxy) is 2. The van der Waals surface area contributed by atoms with Gasteiger partial charge >= 0.3 is 0 Å². The van der Waals surface area contributed by atoms with Crippen LogP contribution in [-0.4, -0.2) is 69.4 Å². The predicted octanol–water partition coefficient (Wildman–Crippen LogP) is 2.85. The number of hydrogen-bond donors (Lipinski definition) is 2. The van der Waals surface area contributed by atoms with Gasteiger partial charge in [-0.15, -0.1) is 0 Å². The van der Waals surface area contributed by atoms with Crippen LogP contribution in [0.15, 0.2) is 29.3 Å². The summed E-state index contributed by atoms with van der Waals surface area (Å²) in [5.74, 6) is 2.28. The Morgan fingerprint density at radius 1 is 1.29 bits per heavy atom. The lowest BCUT2D eigenvalue weighted by atomic mass is 9.98. The van der Waals surface area contributed by atoms with Crippen LogP contribution in [0, 0.1) is 0 Å². The second-order valence-electron chi connectivity index (χ2n) is 7.62. The Balaban J connectivity index is 1.81. The van der Waals surface area contributed by atoms with Crippen LogP contribution in [0.3, 0.4) is 0 Å². The zero-order valence-corrected chi connectivity index (χ0v) is 18.2. The molecular weight excluding hydrogens is 352 g/mol. The first-order valence-electron chi connectivity index (χ1n) is 10.5. The van der Waals surface area contributed by atoms with Gasteiger partial charge in [0.05, 0.1) is 26.9 Å². The van der Waals surface area contributed by atoms with Crippen molar-refractivity contribution < 1.29 is 9.47 Å². The molecule has 1 saturated heterocycles. The van der Waals surface area contributed by atoms with Crippen LogP contribution < -0.4 is 15.4 Å². The molecule has 1 aliphatic heterocycles. The maximum absolute atomic E-state index is 5.54. The van der Waals surface area contributed by atoms with Crippen molar-refractivity contribution in [3.05, 3.63) is 29.8 Å². The van der Waals surface area contributed by atoms with Gasteiger partial charge in [0.2, 0.25) is 0 Å². The second kappa shape index (κ2) is 11.9. The average molecular weight is 391 g/mol. The fourth-order valence-corrected chi connectivity index (χ4v) is 3.57. The summed E-state index contributed by atoms with van der Waals surface area (Å²) in [6, 6.07) is 9.21. The topological polar surface area (TPSA) is 58.1 Å². The van der Waals surface area contributed by atoms with Crippen LogP contribution in [0.2, 0.25) is 0 Å². The minimum absolute atomic E-state index is 0.410. The number of nitrogens with zero attached hydrogens (tertiary/aromatic N) is 2. The van der Waals surface area contributed by atoms with Crippen LogP contribution in [0.4, 0.5) is 0 Å². The van der Waals surface area contributed by atoms with Crippen LogP contribution >= 0.6 is 0 Å². The van der Waals surface area contributed by atoms with Gasteiger partial charge in [0, 0.05) is 31.7 Å². The molecule has 1 fully saturated rings. The fourth-order valence-electron chi connectivity index (χ4n) is 3.57. The van der Waals surface area contributed by atoms with Crippen molar-refractivity contribution in [1.29, 1.82) is 0 Å². The maximum Gasteiger partial charge on any atom is 0.191 e. The number of aliphatic imine (C=N–C) groups is 1. The molecular formula is C22H38N4O2. The van der Waals surface area contributed by atoms with Crippen LogP contribution in [0.1, 0.15) is 45.6 Å². The Morgan fingerprint density at radius 2 is 2.04 bits per heavy atom. The van der Waals surface area contributed by atoms with E-state index in [1.807, 2.05) is 12.1 Å². The molecule has 0 aliphatic carbocycles. The number of rotatable bonds is 9. The van der Waals surface area contributed by atoms with Crippen molar-refractivity contribution in [2.75, 3.05) is 46.5 Å². The van der Waals surface area contributed by atoms with Crippen LogP contribution in [0.5, 0.6) is 5.75 Å². The Hall–Kier alpha value is -1.79. The molecule has 0 aromatic heterocycles. The monoisotopic (exact) mass is 390 g/mol. The van der Waals surface area contributed by atoms with Crippen molar-refractivity contribution in [3.63, 3.8) is 0 Å². The lowest BCUT2D eigenvalue weighted by Gasteiger charge is -2.37. The highest BCUT2D eigenvalue weighted by Crippen LogP contribution is 2.21. The van der Waals surface area contributed by atoms with Gasteiger partial charge in [-0.3, -0.25) is 9.89 Å². The smallest absolute Gasteiger partial charge is 0.191 e. The van der Waals surface area contributed by atoms with Gasteiger partial charge < -0.3 is 20.1 Å². The van der Waals surface area contributed by atoms with Crippen molar-refractivity contribution in [2.45, 2.75) is 52.1 Å². The number of methoxy groups -OCH3 is 1. The van der Waals surface area contributed by atoms with Gasteiger partial charge in [-0.1, -0.05) is 19.1 Å². The minimum atomic E-state index is 0.410. The summed E-state index contributed by atoms with van der Waals surface area (Å²) in [7, 11) is 1.70. The van der Waals surface area contributed by atoms with E-state index in [0.29, 0.717) is 18.0 Å². The Labute approximate surface area is 170 Å². The van der Waals surface area contributed by atoms with E-state index in [-0.39, 0.29) is 0 Å². The highest BCUT2D eigenvalue weighted by Gasteiger charge is 2.23. The predicted molar refractivity (Wildman–Crippen MR) is 116 cm³/mol. The molecule has 1 aromatic carbocycles. The van der Waals surface area contributed by atoms with E-state index in [2.05, 4.69) is 55.4 Å². The van der Waals surface area contributed by atoms with Gasteiger partial charge in [-0.2, -0.15) is 0 Å². The van der Waals surface area contributed by atoms with Crippen molar-refractivity contribution in [1.82, 2.24) is 15.5 Å². The summed E-state index contributed by atoms with van der Waals surface area (Å²) >= 11 is 0. The zero-order valence-electron chi connectivity index (χ0n) is 18.2. The van der Waals surface area contributed by atoms with E-state index < -0.39 is 0 Å². The van der Waals surface area contributed by atoms with Crippen LogP contribution in [0.25, 0.3) is 0 Å². The first-order chi connectivity index (χ1) is 13.5. The van der Waals surface area contributed by atoms with Crippen LogP contribution in [-0.2, 0) is 4.74 Å². The molecule has 0 radical (unpaired) electrons. The normalized spacial score (nSPS) is 20.5. The van der Waals surface area contributed by atoms with E-state index in [1.165, 1.54) is 5.56 Å². The third-order valence-corrected chi connectivity index (χ3v) is 5.40. The van der Waals surface area contributed by atoms with E-state index in [9.17, 15) is 0 Å². The van der Waals surface area contributed by atoms with E-state index in [1.54, 1.807) is 7.11 Å². The molecule has 1 heterocycles. The summed E-state index contributed by atoms with van der Waals surface area (Å²) in [6.45, 7) is 14.0. The molecule has 3 unspecified atom stereocenters. The molecule has 0 amide bonds. The SMILES string of the molecule is CCNC(=NCC(C)N1CCOCC1C)NCCC(C)c1ccc(OC)cc1. The quantitative estimate of drug-likeness (QED) is 0.502. The summed E-state index contributed by atoms with van der Waals surface area (Å²) < 4.78 is 10.8. The van der Waals surface area contributed by atoms with Gasteiger partial charge in [0.15, 0.2) is 5.96 Å². The summed E-state index contributed by atoms with van der Waals surface area (Å²) in [5, 5.41) is 6.84. The largest absolute Gasteiger partial charge is 0.497 e. The standard InChI is InChI=1S/C22H38N4O2/c1-6-23-22(25-15-18(3)26-13-14-28-16-19(26)4)24-12-11-17(2)20-7-9-21(27-5)10-8-20/h7-10,17-19H,6,11-16H2,1-5H3,(H2,23,24,25). The molecule has 6 nitrogen and oxygen atoms in total. The molecule has 0 spiro atoms. The summed E-state index contributed by atoms with van der Waals surface area (Å²) in [5.41, 5.74) is 1.33. The number of benzene rings is 1. The zero-order chi connectivity index (χ0) is 20.4. The summed E-state index contributed by atoms with van der Waals surface area (Å²) in [4.78, 5) is 7.30. The van der Waals surface area contributed by atoms with Crippen molar-refractivity contribution in [3.8, 4) is 5.75 Å². The highest BCUT2D eigenvalue weighted by molar-refractivity contribution is 5.79. The Morgan fingerprint density at radius 3 is 2.68 bits per heavy atom. The van der Waals surface area contributed by atoms with Gasteiger partial charge in [0.25, 0.3) is 0 Å². The lowest BCUT2D eigenvalue weighted by Crippen LogP contribution is -2.49. The first-order valence-corrected chi connectivity index (χ1v) is 10.5. The molecule has 1 aliphatic rings. The first kappa shape index (κ1) is 22.5. The molecule has 2 N–H and O–H groups in total. The highest BCUT2D eigenvalue weighted by atomic mass is 16.5. The number of nitrogens with one attached hydrogen (secondary N) is 2. The van der Waals surface area contributed by atoms with E-state index in [0.717, 1.165) is 57.5 Å². The Kier molecular flexibility index (Phi) is 9.58. The van der Waals surface area contributed by atoms with Crippen molar-refractivity contribution in [2.24, 2.45) is 4.99 Å². The number of hydrogen-bond acceptors (Lipinski definition) is 4. The van der Waals surface area contributed by atoms with E-state index in [4.69, 9.17) is 14.5 Å². The van der Waals surface area contributed by atoms with Gasteiger partial charge in [-0.05, 0) is 50.8 Å². The molecule has 0 bridgehead atoms. The molecule has 3 atom stereocenters. The molecule has 6 heteroatoms. The molecule has 158 valence electrons. The minimum Gasteiger partial charge on any atom is -0.497 e. The number of guanidine groups is 1. The maximum atomic E-state index is 5.54. The van der Waals surface area contributed by atoms with E-state index >= 15 is 0 Å². The second-order valence-corrected chi connectivity index (χ2v) is 7.62. The average Bonchev–Trinajstić information content (AvgIpc) is 2.72. The van der Waals surface area contributed by atoms with Crippen molar-refractivity contribution >= 4 is 5.96 Å². The Bertz CT molecular complexity index is 591. The molecule has 28 heavy (non-hydrogen) atoms. The van der Waals surface area contributed by atoms with Gasteiger partial charge in [0.1, 0.15) is 5.75 Å². The number of morpholine rings is 1. The lowest BCUT2D eigenvalue weighted by molar-refractivity contribution is -0.0165. The molecule has 1 aromatic rings. The third kappa shape index (κ3) is 6.99. The molecule has 0 saturated carbocycles. The third-order valence-electron chi connectivity index (χ3n) is 5.40.